The van der Waals surface area contributed by atoms with Crippen LogP contribution in [0.15, 0.2) is 4.99 Å². The quantitative estimate of drug-likeness (QED) is 0.528. The predicted molar refractivity (Wildman–Crippen MR) is 97.2 cm³/mol. The number of rotatable bonds is 7. The molecule has 0 amide bonds. The minimum absolute atomic E-state index is 0.204. The molecule has 0 aromatic carbocycles. The highest BCUT2D eigenvalue weighted by atomic mass is 19.4. The lowest BCUT2D eigenvalue weighted by Crippen LogP contribution is -2.42. The summed E-state index contributed by atoms with van der Waals surface area (Å²) in [5, 5.41) is 13.8. The zero-order valence-corrected chi connectivity index (χ0v) is 16.0. The molecule has 1 saturated carbocycles. The summed E-state index contributed by atoms with van der Waals surface area (Å²) in [5.41, 5.74) is -0.689. The molecule has 152 valence electrons. The molecule has 0 aromatic heterocycles. The monoisotopic (exact) mass is 378 g/mol. The summed E-state index contributed by atoms with van der Waals surface area (Å²) in [7, 11) is 0. The fourth-order valence-electron chi connectivity index (χ4n) is 3.94. The number of aliphatic hydroxyl groups is 1. The molecule has 0 aromatic rings. The van der Waals surface area contributed by atoms with Crippen LogP contribution in [0.5, 0.6) is 0 Å². The van der Waals surface area contributed by atoms with Crippen LogP contribution in [-0.4, -0.2) is 78.5 Å². The van der Waals surface area contributed by atoms with E-state index >= 15 is 0 Å². The SMILES string of the molecule is CCNC(=NCC1(O)CCCC1)N1CCC(CN(CC)CC(F)(F)F)C1. The Bertz CT molecular complexity index is 464. The number of likely N-dealkylation sites (tertiary alicyclic amines) is 1. The summed E-state index contributed by atoms with van der Waals surface area (Å²) in [5.74, 6) is 0.977. The molecule has 1 aliphatic carbocycles. The van der Waals surface area contributed by atoms with Gasteiger partial charge < -0.3 is 15.3 Å². The van der Waals surface area contributed by atoms with E-state index in [1.807, 2.05) is 6.92 Å². The van der Waals surface area contributed by atoms with Crippen LogP contribution in [0.4, 0.5) is 13.2 Å². The molecule has 1 aliphatic heterocycles. The van der Waals surface area contributed by atoms with E-state index in [1.54, 1.807) is 6.92 Å². The molecule has 26 heavy (non-hydrogen) atoms. The highest BCUT2D eigenvalue weighted by molar-refractivity contribution is 5.80. The average Bonchev–Trinajstić information content (AvgIpc) is 3.19. The van der Waals surface area contributed by atoms with Gasteiger partial charge in [-0.1, -0.05) is 19.8 Å². The maximum absolute atomic E-state index is 12.7. The largest absolute Gasteiger partial charge is 0.401 e. The minimum Gasteiger partial charge on any atom is -0.388 e. The zero-order valence-electron chi connectivity index (χ0n) is 16.0. The van der Waals surface area contributed by atoms with Crippen LogP contribution in [0.1, 0.15) is 46.0 Å². The van der Waals surface area contributed by atoms with Crippen LogP contribution in [0.3, 0.4) is 0 Å². The molecular weight excluding hydrogens is 345 g/mol. The number of guanidine groups is 1. The van der Waals surface area contributed by atoms with E-state index < -0.39 is 18.3 Å². The Hall–Kier alpha value is -1.02. The molecule has 2 aliphatic rings. The topological polar surface area (TPSA) is 51.1 Å². The Balaban J connectivity index is 1.90. The van der Waals surface area contributed by atoms with Gasteiger partial charge in [0, 0.05) is 26.2 Å². The van der Waals surface area contributed by atoms with Gasteiger partial charge in [-0.05, 0) is 38.6 Å². The van der Waals surface area contributed by atoms with Crippen molar-refractivity contribution in [3.63, 3.8) is 0 Å². The summed E-state index contributed by atoms with van der Waals surface area (Å²) in [4.78, 5) is 8.22. The first-order valence-corrected chi connectivity index (χ1v) is 9.79. The third kappa shape index (κ3) is 6.61. The Morgan fingerprint density at radius 3 is 2.58 bits per heavy atom. The van der Waals surface area contributed by atoms with E-state index in [4.69, 9.17) is 0 Å². The molecule has 1 atom stereocenters. The molecule has 2 rings (SSSR count). The zero-order chi connectivity index (χ0) is 19.2. The van der Waals surface area contributed by atoms with Crippen molar-refractivity contribution in [2.75, 3.05) is 45.8 Å². The van der Waals surface area contributed by atoms with Crippen molar-refractivity contribution < 1.29 is 18.3 Å². The van der Waals surface area contributed by atoms with Crippen molar-refractivity contribution in [3.8, 4) is 0 Å². The Kier molecular flexibility index (Phi) is 7.58. The summed E-state index contributed by atoms with van der Waals surface area (Å²) in [6.07, 6.45) is 0.383. The first-order chi connectivity index (χ1) is 12.2. The standard InChI is InChI=1S/C18H33F3N4O/c1-3-22-16(23-13-17(26)8-5-6-9-17)25-10-7-15(12-25)11-24(4-2)14-18(19,20)21/h15,26H,3-14H2,1-2H3,(H,22,23). The van der Waals surface area contributed by atoms with Crippen molar-refractivity contribution in [1.82, 2.24) is 15.1 Å². The Morgan fingerprint density at radius 1 is 1.31 bits per heavy atom. The number of alkyl halides is 3. The highest BCUT2D eigenvalue weighted by Gasteiger charge is 2.34. The molecule has 0 spiro atoms. The molecule has 5 nitrogen and oxygen atoms in total. The van der Waals surface area contributed by atoms with Crippen LogP contribution in [0.25, 0.3) is 0 Å². The maximum Gasteiger partial charge on any atom is 0.401 e. The smallest absolute Gasteiger partial charge is 0.388 e. The van der Waals surface area contributed by atoms with Crippen molar-refractivity contribution in [1.29, 1.82) is 0 Å². The van der Waals surface area contributed by atoms with Gasteiger partial charge in [0.1, 0.15) is 0 Å². The number of hydrogen-bond acceptors (Lipinski definition) is 3. The van der Waals surface area contributed by atoms with Crippen LogP contribution >= 0.6 is 0 Å². The van der Waals surface area contributed by atoms with Crippen molar-refractivity contribution in [3.05, 3.63) is 0 Å². The van der Waals surface area contributed by atoms with E-state index in [9.17, 15) is 18.3 Å². The normalized spacial score (nSPS) is 23.9. The van der Waals surface area contributed by atoms with Crippen LogP contribution in [0, 0.1) is 5.92 Å². The number of aliphatic imine (C=N–C) groups is 1. The van der Waals surface area contributed by atoms with Crippen LogP contribution < -0.4 is 5.32 Å². The molecular formula is C18H33F3N4O. The summed E-state index contributed by atoms with van der Waals surface area (Å²) >= 11 is 0. The molecule has 0 radical (unpaired) electrons. The van der Waals surface area contributed by atoms with Crippen LogP contribution in [0.2, 0.25) is 0 Å². The van der Waals surface area contributed by atoms with E-state index in [2.05, 4.69) is 15.2 Å². The van der Waals surface area contributed by atoms with Gasteiger partial charge in [-0.15, -0.1) is 0 Å². The molecule has 2 N–H and O–H groups in total. The van der Waals surface area contributed by atoms with Gasteiger partial charge in [0.2, 0.25) is 0 Å². The highest BCUT2D eigenvalue weighted by Crippen LogP contribution is 2.29. The van der Waals surface area contributed by atoms with Gasteiger partial charge in [0.05, 0.1) is 18.7 Å². The fraction of sp³-hybridized carbons (Fsp3) is 0.944. The third-order valence-electron chi connectivity index (χ3n) is 5.34. The predicted octanol–water partition coefficient (Wildman–Crippen LogP) is 2.46. The third-order valence-corrected chi connectivity index (χ3v) is 5.34. The maximum atomic E-state index is 12.7. The first kappa shape index (κ1) is 21.3. The van der Waals surface area contributed by atoms with Gasteiger partial charge in [-0.25, -0.2) is 0 Å². The molecule has 2 fully saturated rings. The summed E-state index contributed by atoms with van der Waals surface area (Å²) in [6.45, 7) is 6.40. The number of halogens is 3. The number of nitrogens with one attached hydrogen (secondary N) is 1. The molecule has 8 heteroatoms. The second kappa shape index (κ2) is 9.26. The van der Waals surface area contributed by atoms with E-state index in [-0.39, 0.29) is 5.92 Å². The minimum atomic E-state index is -4.15. The lowest BCUT2D eigenvalue weighted by Gasteiger charge is -2.27. The van der Waals surface area contributed by atoms with Crippen LogP contribution in [-0.2, 0) is 0 Å². The number of hydrogen-bond donors (Lipinski definition) is 2. The fourth-order valence-corrected chi connectivity index (χ4v) is 3.94. The van der Waals surface area contributed by atoms with E-state index in [1.165, 1.54) is 4.90 Å². The van der Waals surface area contributed by atoms with Gasteiger partial charge in [0.15, 0.2) is 5.96 Å². The van der Waals surface area contributed by atoms with Gasteiger partial charge in [0.25, 0.3) is 0 Å². The van der Waals surface area contributed by atoms with Gasteiger partial charge in [-0.2, -0.15) is 13.2 Å². The molecule has 0 bridgehead atoms. The van der Waals surface area contributed by atoms with Gasteiger partial charge in [-0.3, -0.25) is 9.89 Å². The molecule has 1 heterocycles. The molecule has 1 saturated heterocycles. The lowest BCUT2D eigenvalue weighted by molar-refractivity contribution is -0.146. The molecule has 1 unspecified atom stereocenters. The van der Waals surface area contributed by atoms with E-state index in [0.29, 0.717) is 26.2 Å². The van der Waals surface area contributed by atoms with Crippen molar-refractivity contribution in [2.24, 2.45) is 10.9 Å². The summed E-state index contributed by atoms with van der Waals surface area (Å²) in [6, 6.07) is 0. The Morgan fingerprint density at radius 2 is 2.00 bits per heavy atom. The Labute approximate surface area is 154 Å². The second-order valence-corrected chi connectivity index (χ2v) is 7.65. The van der Waals surface area contributed by atoms with E-state index in [0.717, 1.165) is 51.2 Å². The number of nitrogens with zero attached hydrogens (tertiary/aromatic N) is 3. The summed E-state index contributed by atoms with van der Waals surface area (Å²) < 4.78 is 38.0. The average molecular weight is 378 g/mol. The van der Waals surface area contributed by atoms with Gasteiger partial charge >= 0.3 is 6.18 Å². The first-order valence-electron chi connectivity index (χ1n) is 9.79. The van der Waals surface area contributed by atoms with Crippen molar-refractivity contribution in [2.45, 2.75) is 57.7 Å². The van der Waals surface area contributed by atoms with Crippen molar-refractivity contribution >= 4 is 5.96 Å². The lowest BCUT2D eigenvalue weighted by atomic mass is 10.0. The second-order valence-electron chi connectivity index (χ2n) is 7.65.